The molecule has 1 aliphatic carbocycles. The summed E-state index contributed by atoms with van der Waals surface area (Å²) in [6.07, 6.45) is 2.36. The van der Waals surface area contributed by atoms with Gasteiger partial charge in [-0.15, -0.1) is 48.1 Å². The Balaban J connectivity index is 0.00000769. The second-order valence-corrected chi connectivity index (χ2v) is 28.2. The molecule has 5 nitrogen and oxygen atoms in total. The first-order chi connectivity index (χ1) is 41.7. The van der Waals surface area contributed by atoms with Crippen molar-refractivity contribution < 1.29 is 28.5 Å². The van der Waals surface area contributed by atoms with Crippen molar-refractivity contribution in [3.05, 3.63) is 247 Å². The van der Waals surface area contributed by atoms with Gasteiger partial charge in [0.1, 0.15) is 5.82 Å². The molecule has 0 saturated heterocycles. The maximum Gasteiger partial charge on any atom is 0.135 e. The number of aromatic nitrogens is 2. The predicted octanol–water partition coefficient (Wildman–Crippen LogP) is 22.2. The summed E-state index contributed by atoms with van der Waals surface area (Å²) in [6, 6.07) is 76.8. The quantitative estimate of drug-likeness (QED) is 0.128. The van der Waals surface area contributed by atoms with Crippen molar-refractivity contribution in [3.8, 4) is 61.8 Å². The standard InChI is InChI=1S/C81H79N4O.Pt/c1-77(2,3)50-58-46-75(82-51-68(58)55-34-39-69-70(45-55)81(12,13)41-40-80(69,10)11)85-73-47-59(78(4,5)6)35-37-66(73)67-38-36-63(49-74(67)85)86-62-29-22-28-61(48-62)83-52-84(72-33-21-20-32-71(72)83)76-64(54-26-18-15-19-27-54)30-23-31-65(76)57-42-56(53-24-16-14-17-25-53)43-60(44-57)79(7,8)9;/h14-39,42-47,51-52H,40-41,50H2,1-13H3;/q-3;/i50D2;. The molecule has 11 aromatic rings. The van der Waals surface area contributed by atoms with Crippen LogP contribution in [0.2, 0.25) is 0 Å². The first-order valence-corrected chi connectivity index (χ1v) is 30.6. The Hall–Kier alpha value is -7.98. The molecule has 9 aromatic carbocycles. The van der Waals surface area contributed by atoms with Crippen molar-refractivity contribution in [2.75, 3.05) is 9.80 Å². The number of hydrogen-bond acceptors (Lipinski definition) is 4. The third kappa shape index (κ3) is 11.4. The third-order valence-electron chi connectivity index (χ3n) is 17.8. The molecule has 2 aliphatic rings. The van der Waals surface area contributed by atoms with Gasteiger partial charge < -0.3 is 19.1 Å². The van der Waals surface area contributed by atoms with Crippen LogP contribution in [-0.2, 0) is 49.1 Å². The van der Waals surface area contributed by atoms with E-state index in [-0.39, 0.29) is 42.7 Å². The minimum Gasteiger partial charge on any atom is -0.509 e. The molecule has 0 unspecified atom stereocenters. The number of para-hydroxylation sites is 3. The molecule has 442 valence electrons. The number of fused-ring (bicyclic) bond motifs is 5. The topological polar surface area (TPSA) is 33.5 Å². The Kier molecular flexibility index (Phi) is 14.6. The van der Waals surface area contributed by atoms with Crippen molar-refractivity contribution in [3.63, 3.8) is 0 Å². The van der Waals surface area contributed by atoms with E-state index in [9.17, 15) is 2.74 Å². The van der Waals surface area contributed by atoms with Crippen molar-refractivity contribution in [1.82, 2.24) is 9.55 Å². The molecule has 0 saturated carbocycles. The van der Waals surface area contributed by atoms with Crippen molar-refractivity contribution in [1.29, 1.82) is 0 Å². The summed E-state index contributed by atoms with van der Waals surface area (Å²) in [7, 11) is 0. The molecule has 3 heterocycles. The summed E-state index contributed by atoms with van der Waals surface area (Å²) >= 11 is 0. The second-order valence-electron chi connectivity index (χ2n) is 28.2. The largest absolute Gasteiger partial charge is 0.509 e. The summed E-state index contributed by atoms with van der Waals surface area (Å²) < 4.78 is 29.0. The third-order valence-corrected chi connectivity index (χ3v) is 17.8. The van der Waals surface area contributed by atoms with Gasteiger partial charge >= 0.3 is 0 Å². The van der Waals surface area contributed by atoms with E-state index in [1.807, 2.05) is 51.2 Å². The van der Waals surface area contributed by atoms with E-state index in [1.165, 1.54) is 33.4 Å². The van der Waals surface area contributed by atoms with Gasteiger partial charge in [-0.05, 0) is 138 Å². The van der Waals surface area contributed by atoms with Gasteiger partial charge in [0.2, 0.25) is 0 Å². The average Bonchev–Trinajstić information content (AvgIpc) is 1.75. The molecular formula is C81H79N4OPt-3. The monoisotopic (exact) mass is 1320 g/mol. The van der Waals surface area contributed by atoms with E-state index in [4.69, 9.17) is 9.72 Å². The van der Waals surface area contributed by atoms with E-state index in [0.29, 0.717) is 22.9 Å². The number of hydrogen-bond donors (Lipinski definition) is 0. The molecule has 0 fully saturated rings. The molecule has 0 radical (unpaired) electrons. The minimum absolute atomic E-state index is 0. The van der Waals surface area contributed by atoms with Crippen LogP contribution in [0.25, 0.3) is 72.1 Å². The molecule has 0 spiro atoms. The fraction of sp³-hybridized carbons (Fsp3) is 0.259. The number of benzene rings is 9. The summed E-state index contributed by atoms with van der Waals surface area (Å²) in [5, 5.41) is 2.04. The number of pyridine rings is 1. The van der Waals surface area contributed by atoms with Crippen LogP contribution in [0, 0.1) is 24.2 Å². The van der Waals surface area contributed by atoms with E-state index >= 15 is 0 Å². The maximum atomic E-state index is 9.98. The fourth-order valence-corrected chi connectivity index (χ4v) is 12.9. The Labute approximate surface area is 534 Å². The van der Waals surface area contributed by atoms with E-state index in [0.717, 1.165) is 90.8 Å². The maximum absolute atomic E-state index is 9.98. The summed E-state index contributed by atoms with van der Waals surface area (Å²) in [4.78, 5) is 9.89. The second kappa shape index (κ2) is 22.3. The molecule has 6 heteroatoms. The van der Waals surface area contributed by atoms with Gasteiger partial charge in [-0.3, -0.25) is 0 Å². The number of ether oxygens (including phenoxy) is 1. The van der Waals surface area contributed by atoms with Crippen LogP contribution in [0.4, 0.5) is 22.7 Å². The van der Waals surface area contributed by atoms with Crippen LogP contribution < -0.4 is 14.5 Å². The Bertz CT molecular complexity index is 4500. The molecular weight excluding hydrogens is 1240 g/mol. The Morgan fingerprint density at radius 1 is 0.517 bits per heavy atom. The molecule has 87 heavy (non-hydrogen) atoms. The molecule has 0 amide bonds. The first-order valence-electron chi connectivity index (χ1n) is 31.6. The van der Waals surface area contributed by atoms with Gasteiger partial charge in [-0.25, -0.2) is 4.98 Å². The van der Waals surface area contributed by atoms with Gasteiger partial charge in [0.25, 0.3) is 0 Å². The fourth-order valence-electron chi connectivity index (χ4n) is 12.9. The van der Waals surface area contributed by atoms with Crippen LogP contribution in [0.1, 0.15) is 133 Å². The average molecular weight is 1320 g/mol. The van der Waals surface area contributed by atoms with Gasteiger partial charge in [0.05, 0.1) is 0 Å². The molecule has 13 rings (SSSR count). The zero-order valence-corrected chi connectivity index (χ0v) is 54.8. The predicted molar refractivity (Wildman–Crippen MR) is 362 cm³/mol. The van der Waals surface area contributed by atoms with Crippen LogP contribution in [0.3, 0.4) is 0 Å². The molecule has 0 N–H and O–H groups in total. The van der Waals surface area contributed by atoms with Crippen LogP contribution in [0.15, 0.2) is 200 Å². The normalized spacial score (nSPS) is 15.2. The van der Waals surface area contributed by atoms with Crippen LogP contribution in [0.5, 0.6) is 11.5 Å². The van der Waals surface area contributed by atoms with E-state index in [1.54, 1.807) is 0 Å². The van der Waals surface area contributed by atoms with Crippen molar-refractivity contribution in [2.24, 2.45) is 5.41 Å². The molecule has 1 aliphatic heterocycles. The summed E-state index contributed by atoms with van der Waals surface area (Å²) in [6.45, 7) is 31.1. The SMILES string of the molecule is [2H]C([2H])(c1cc(-n2c3[c-]c(Oc4[c-]c(N5[CH-]N(c6c(-c7ccccc7)cccc6-c6cc(-c7ccccc7)cc(C(C)(C)C)c6)c6ccccc65)ccc4)ccc3c3ccc(C(C)(C)C)cc32)ncc1-c1ccc2c(c1)C(C)(C)CCC2(C)C)C(C)(C)C.[Pt]. The van der Waals surface area contributed by atoms with E-state index < -0.39 is 11.8 Å². The van der Waals surface area contributed by atoms with Gasteiger partial charge in [-0.2, -0.15) is 12.1 Å². The minimum atomic E-state index is -1.75. The van der Waals surface area contributed by atoms with Gasteiger partial charge in [0, 0.05) is 80.8 Å². The number of nitrogens with zero attached hydrogens (tertiary/aromatic N) is 4. The smallest absolute Gasteiger partial charge is 0.135 e. The van der Waals surface area contributed by atoms with Crippen molar-refractivity contribution in [2.45, 2.75) is 131 Å². The van der Waals surface area contributed by atoms with Crippen LogP contribution in [-0.4, -0.2) is 9.55 Å². The molecule has 0 bridgehead atoms. The van der Waals surface area contributed by atoms with Gasteiger partial charge in [-0.1, -0.05) is 229 Å². The zero-order chi connectivity index (χ0) is 61.9. The first kappa shape index (κ1) is 56.8. The van der Waals surface area contributed by atoms with Crippen LogP contribution >= 0.6 is 0 Å². The molecule has 2 aromatic heterocycles. The summed E-state index contributed by atoms with van der Waals surface area (Å²) in [5.41, 5.74) is 19.1. The zero-order valence-electron chi connectivity index (χ0n) is 54.6. The van der Waals surface area contributed by atoms with E-state index in [2.05, 4.69) is 272 Å². The Morgan fingerprint density at radius 2 is 1.13 bits per heavy atom. The Morgan fingerprint density at radius 3 is 1.82 bits per heavy atom. The number of anilines is 4. The van der Waals surface area contributed by atoms with Crippen molar-refractivity contribution >= 4 is 44.6 Å². The number of rotatable bonds is 10. The molecule has 0 atom stereocenters. The summed E-state index contributed by atoms with van der Waals surface area (Å²) in [5.74, 6) is 1.67. The van der Waals surface area contributed by atoms with Gasteiger partial charge in [0.15, 0.2) is 0 Å².